The zero-order chi connectivity index (χ0) is 15.1. The maximum Gasteiger partial charge on any atom is 0.0639 e. The van der Waals surface area contributed by atoms with Gasteiger partial charge in [-0.05, 0) is 42.6 Å². The van der Waals surface area contributed by atoms with E-state index >= 15 is 0 Å². The van der Waals surface area contributed by atoms with Crippen LogP contribution in [0.3, 0.4) is 0 Å². The van der Waals surface area contributed by atoms with Gasteiger partial charge in [-0.2, -0.15) is 0 Å². The Morgan fingerprint density at radius 2 is 2.14 bits per heavy atom. The van der Waals surface area contributed by atoms with E-state index in [9.17, 15) is 0 Å². The van der Waals surface area contributed by atoms with Gasteiger partial charge in [0.2, 0.25) is 0 Å². The molecule has 0 amide bonds. The highest BCUT2D eigenvalue weighted by molar-refractivity contribution is 6.31. The van der Waals surface area contributed by atoms with Crippen molar-refractivity contribution >= 4 is 11.6 Å². The number of aromatic nitrogens is 2. The number of nitrogens with one attached hydrogen (secondary N) is 1. The number of hydrogen-bond donors (Lipinski definition) is 1. The third-order valence-electron chi connectivity index (χ3n) is 3.60. The lowest BCUT2D eigenvalue weighted by molar-refractivity contribution is 0.493. The van der Waals surface area contributed by atoms with E-state index in [0.29, 0.717) is 6.04 Å². The van der Waals surface area contributed by atoms with Crippen LogP contribution in [0.4, 0.5) is 0 Å². The lowest BCUT2D eigenvalue weighted by atomic mass is 10.1. The molecule has 2 rings (SSSR count). The summed E-state index contributed by atoms with van der Waals surface area (Å²) in [5.41, 5.74) is 2.46. The van der Waals surface area contributed by atoms with Crippen LogP contribution in [0, 0.1) is 0 Å². The van der Waals surface area contributed by atoms with Gasteiger partial charge in [-0.25, -0.2) is 0 Å². The summed E-state index contributed by atoms with van der Waals surface area (Å²) in [5.74, 6) is 0. The Hall–Kier alpha value is -1.32. The van der Waals surface area contributed by atoms with Gasteiger partial charge in [0.05, 0.1) is 5.02 Å². The third-order valence-corrected chi connectivity index (χ3v) is 3.94. The Morgan fingerprint density at radius 3 is 2.86 bits per heavy atom. The lowest BCUT2D eigenvalue weighted by Crippen LogP contribution is -2.21. The normalized spacial score (nSPS) is 12.5. The first-order valence-corrected chi connectivity index (χ1v) is 8.09. The molecule has 3 nitrogen and oxygen atoms in total. The molecule has 1 unspecified atom stereocenters. The van der Waals surface area contributed by atoms with E-state index in [0.717, 1.165) is 30.1 Å². The van der Waals surface area contributed by atoms with Crippen molar-refractivity contribution in [2.45, 2.75) is 45.7 Å². The minimum absolute atomic E-state index is 0.448. The molecule has 0 saturated heterocycles. The van der Waals surface area contributed by atoms with Crippen molar-refractivity contribution in [3.63, 3.8) is 0 Å². The van der Waals surface area contributed by atoms with E-state index in [-0.39, 0.29) is 0 Å². The summed E-state index contributed by atoms with van der Waals surface area (Å²) in [4.78, 5) is 4.03. The fourth-order valence-corrected chi connectivity index (χ4v) is 2.67. The van der Waals surface area contributed by atoms with E-state index in [1.165, 1.54) is 18.4 Å². The lowest BCUT2D eigenvalue weighted by Gasteiger charge is -2.16. The van der Waals surface area contributed by atoms with Gasteiger partial charge >= 0.3 is 0 Å². The Balaban J connectivity index is 2.07. The number of halogens is 1. The minimum Gasteiger partial charge on any atom is -0.350 e. The smallest absolute Gasteiger partial charge is 0.0639 e. The van der Waals surface area contributed by atoms with Crippen LogP contribution in [0.25, 0.3) is 0 Å². The summed E-state index contributed by atoms with van der Waals surface area (Å²) in [6, 6.07) is 4.63. The maximum atomic E-state index is 6.17. The first-order chi connectivity index (χ1) is 10.2. The Kier molecular flexibility index (Phi) is 6.27. The van der Waals surface area contributed by atoms with E-state index in [1.807, 2.05) is 6.07 Å². The minimum atomic E-state index is 0.448. The largest absolute Gasteiger partial charge is 0.350 e. The van der Waals surface area contributed by atoms with Crippen LogP contribution in [0.2, 0.25) is 5.02 Å². The quantitative estimate of drug-likeness (QED) is 0.782. The SMILES string of the molecule is CCCNC(CCC)c1ccn(Cc2ccncc2Cl)c1. The molecule has 0 fully saturated rings. The molecule has 2 heterocycles. The number of rotatable bonds is 8. The van der Waals surface area contributed by atoms with Crippen LogP contribution in [-0.2, 0) is 6.54 Å². The Morgan fingerprint density at radius 1 is 1.29 bits per heavy atom. The molecule has 0 aliphatic carbocycles. The second-order valence-corrected chi connectivity index (χ2v) is 5.79. The van der Waals surface area contributed by atoms with E-state index in [4.69, 9.17) is 11.6 Å². The van der Waals surface area contributed by atoms with Crippen LogP contribution in [0.1, 0.15) is 50.3 Å². The van der Waals surface area contributed by atoms with Crippen molar-refractivity contribution < 1.29 is 0 Å². The fraction of sp³-hybridized carbons (Fsp3) is 0.471. The van der Waals surface area contributed by atoms with Crippen molar-refractivity contribution in [1.29, 1.82) is 0 Å². The highest BCUT2D eigenvalue weighted by atomic mass is 35.5. The first-order valence-electron chi connectivity index (χ1n) is 7.72. The maximum absolute atomic E-state index is 6.17. The monoisotopic (exact) mass is 305 g/mol. The first kappa shape index (κ1) is 16.1. The number of nitrogens with zero attached hydrogens (tertiary/aromatic N) is 2. The zero-order valence-electron chi connectivity index (χ0n) is 12.8. The predicted molar refractivity (Wildman–Crippen MR) is 88.7 cm³/mol. The molecular weight excluding hydrogens is 282 g/mol. The van der Waals surface area contributed by atoms with Gasteiger partial charge in [0.25, 0.3) is 0 Å². The summed E-state index contributed by atoms with van der Waals surface area (Å²) in [7, 11) is 0. The Labute approximate surface area is 132 Å². The van der Waals surface area contributed by atoms with Gasteiger partial charge < -0.3 is 9.88 Å². The average Bonchev–Trinajstić information content (AvgIpc) is 2.94. The van der Waals surface area contributed by atoms with Crippen LogP contribution in [0.5, 0.6) is 0 Å². The standard InChI is InChI=1S/C17H24ClN3/c1-3-5-17(20-8-4-2)15-7-10-21(13-15)12-14-6-9-19-11-16(14)18/h6-7,9-11,13,17,20H,3-5,8,12H2,1-2H3. The predicted octanol–water partition coefficient (Wildman–Crippen LogP) is 4.43. The summed E-state index contributed by atoms with van der Waals surface area (Å²) in [6.45, 7) is 6.28. The van der Waals surface area contributed by atoms with Crippen molar-refractivity contribution in [2.24, 2.45) is 0 Å². The molecular formula is C17H24ClN3. The molecule has 0 saturated carbocycles. The van der Waals surface area contributed by atoms with Crippen molar-refractivity contribution in [2.75, 3.05) is 6.54 Å². The van der Waals surface area contributed by atoms with Gasteiger partial charge in [0, 0.05) is 37.4 Å². The summed E-state index contributed by atoms with van der Waals surface area (Å²) in [6.07, 6.45) is 11.3. The molecule has 114 valence electrons. The average molecular weight is 306 g/mol. The van der Waals surface area contributed by atoms with E-state index in [1.54, 1.807) is 12.4 Å². The van der Waals surface area contributed by atoms with Crippen LogP contribution < -0.4 is 5.32 Å². The Bertz CT molecular complexity index is 550. The third kappa shape index (κ3) is 4.58. The molecule has 4 heteroatoms. The highest BCUT2D eigenvalue weighted by Gasteiger charge is 2.11. The van der Waals surface area contributed by atoms with Crippen LogP contribution in [-0.4, -0.2) is 16.1 Å². The fourth-order valence-electron chi connectivity index (χ4n) is 2.49. The van der Waals surface area contributed by atoms with Crippen molar-refractivity contribution in [3.8, 4) is 0 Å². The van der Waals surface area contributed by atoms with Gasteiger partial charge in [0.1, 0.15) is 0 Å². The summed E-state index contributed by atoms with van der Waals surface area (Å²) < 4.78 is 2.19. The molecule has 1 N–H and O–H groups in total. The van der Waals surface area contributed by atoms with Crippen molar-refractivity contribution in [1.82, 2.24) is 14.9 Å². The summed E-state index contributed by atoms with van der Waals surface area (Å²) >= 11 is 6.17. The molecule has 0 bridgehead atoms. The topological polar surface area (TPSA) is 29.9 Å². The van der Waals surface area contributed by atoms with Crippen LogP contribution in [0.15, 0.2) is 36.9 Å². The van der Waals surface area contributed by atoms with E-state index < -0.39 is 0 Å². The van der Waals surface area contributed by atoms with Crippen molar-refractivity contribution in [3.05, 3.63) is 53.1 Å². The molecule has 0 aromatic carbocycles. The molecule has 0 spiro atoms. The van der Waals surface area contributed by atoms with Gasteiger partial charge in [-0.1, -0.05) is 31.9 Å². The second-order valence-electron chi connectivity index (χ2n) is 5.38. The summed E-state index contributed by atoms with van der Waals surface area (Å²) in [5, 5.41) is 4.35. The second kappa shape index (κ2) is 8.20. The van der Waals surface area contributed by atoms with Gasteiger partial charge in [0.15, 0.2) is 0 Å². The van der Waals surface area contributed by atoms with Crippen LogP contribution >= 0.6 is 11.6 Å². The number of hydrogen-bond acceptors (Lipinski definition) is 2. The molecule has 0 aliphatic heterocycles. The molecule has 0 aliphatic rings. The van der Waals surface area contributed by atoms with Gasteiger partial charge in [-0.3, -0.25) is 4.98 Å². The zero-order valence-corrected chi connectivity index (χ0v) is 13.6. The number of pyridine rings is 1. The molecule has 2 aromatic rings. The van der Waals surface area contributed by atoms with E-state index in [2.05, 4.69) is 47.2 Å². The molecule has 0 radical (unpaired) electrons. The molecule has 21 heavy (non-hydrogen) atoms. The van der Waals surface area contributed by atoms with Gasteiger partial charge in [-0.15, -0.1) is 0 Å². The highest BCUT2D eigenvalue weighted by Crippen LogP contribution is 2.21. The molecule has 2 aromatic heterocycles. The molecule has 1 atom stereocenters.